The molecule has 0 aliphatic heterocycles. The zero-order valence-corrected chi connectivity index (χ0v) is 11.8. The second-order valence-electron chi connectivity index (χ2n) is 4.89. The van der Waals surface area contributed by atoms with E-state index in [4.69, 9.17) is 5.26 Å². The summed E-state index contributed by atoms with van der Waals surface area (Å²) in [7, 11) is 0. The van der Waals surface area contributed by atoms with E-state index in [-0.39, 0.29) is 5.43 Å². The zero-order valence-electron chi connectivity index (χ0n) is 11.8. The van der Waals surface area contributed by atoms with Crippen LogP contribution in [-0.4, -0.2) is 14.5 Å². The van der Waals surface area contributed by atoms with E-state index in [1.807, 2.05) is 24.5 Å². The second kappa shape index (κ2) is 4.91. The number of aromatic amines is 1. The molecule has 21 heavy (non-hydrogen) atoms. The molecule has 0 unspecified atom stereocenters. The molecule has 104 valence electrons. The topological polar surface area (TPSA) is 74.5 Å². The first-order valence-electron chi connectivity index (χ1n) is 6.74. The van der Waals surface area contributed by atoms with Crippen molar-refractivity contribution in [2.24, 2.45) is 0 Å². The Labute approximate surface area is 121 Å². The summed E-state index contributed by atoms with van der Waals surface area (Å²) >= 11 is 0. The maximum Gasteiger partial charge on any atom is 0.192 e. The molecule has 0 spiro atoms. The number of fused-ring (bicyclic) bond motifs is 1. The van der Waals surface area contributed by atoms with E-state index in [0.717, 1.165) is 16.7 Å². The van der Waals surface area contributed by atoms with E-state index >= 15 is 0 Å². The maximum atomic E-state index is 12.2. The highest BCUT2D eigenvalue weighted by atomic mass is 16.1. The minimum Gasteiger partial charge on any atom is -0.364 e. The molecule has 0 saturated carbocycles. The molecular formula is C16H14N4O. The summed E-state index contributed by atoms with van der Waals surface area (Å²) in [5.41, 5.74) is 3.51. The van der Waals surface area contributed by atoms with Crippen LogP contribution in [0.1, 0.15) is 18.2 Å². The van der Waals surface area contributed by atoms with Crippen molar-refractivity contribution in [1.29, 1.82) is 5.26 Å². The van der Waals surface area contributed by atoms with Crippen molar-refractivity contribution in [3.8, 4) is 17.5 Å². The molecule has 0 saturated heterocycles. The quantitative estimate of drug-likeness (QED) is 0.783. The van der Waals surface area contributed by atoms with Gasteiger partial charge >= 0.3 is 0 Å². The second-order valence-corrected chi connectivity index (χ2v) is 4.89. The van der Waals surface area contributed by atoms with Crippen LogP contribution < -0.4 is 5.43 Å². The summed E-state index contributed by atoms with van der Waals surface area (Å²) in [6, 6.07) is 9.05. The van der Waals surface area contributed by atoms with Gasteiger partial charge in [0.15, 0.2) is 5.43 Å². The Hall–Kier alpha value is -2.87. The number of hydrogen-bond acceptors (Lipinski definition) is 3. The number of benzene rings is 1. The van der Waals surface area contributed by atoms with Crippen molar-refractivity contribution in [1.82, 2.24) is 14.5 Å². The molecule has 0 aliphatic carbocycles. The molecule has 0 atom stereocenters. The van der Waals surface area contributed by atoms with Crippen molar-refractivity contribution >= 4 is 11.0 Å². The van der Waals surface area contributed by atoms with Gasteiger partial charge in [0.1, 0.15) is 5.82 Å². The number of H-pyrrole nitrogens is 1. The Morgan fingerprint density at radius 2 is 2.19 bits per heavy atom. The molecule has 3 aromatic rings. The Morgan fingerprint density at radius 3 is 2.86 bits per heavy atom. The van der Waals surface area contributed by atoms with Gasteiger partial charge in [-0.25, -0.2) is 4.98 Å². The number of imidazole rings is 1. The average Bonchev–Trinajstić information content (AvgIpc) is 2.84. The first-order chi connectivity index (χ1) is 10.1. The van der Waals surface area contributed by atoms with Crippen LogP contribution in [0.4, 0.5) is 0 Å². The van der Waals surface area contributed by atoms with Crippen molar-refractivity contribution < 1.29 is 0 Å². The average molecular weight is 278 g/mol. The highest BCUT2D eigenvalue weighted by molar-refractivity contribution is 5.81. The SMILES string of the molecule is CCn1c(-c2c[nH]c(C)cc2=O)nc2cc(C#N)ccc21. The number of rotatable bonds is 2. The fourth-order valence-corrected chi connectivity index (χ4v) is 2.47. The van der Waals surface area contributed by atoms with Gasteiger partial charge in [-0.05, 0) is 32.0 Å². The zero-order chi connectivity index (χ0) is 15.0. The molecule has 0 fully saturated rings. The summed E-state index contributed by atoms with van der Waals surface area (Å²) in [6.07, 6.45) is 1.69. The number of pyridine rings is 1. The standard InChI is InChI=1S/C16H14N4O/c1-3-20-14-5-4-11(8-17)7-13(14)19-16(20)12-9-18-10(2)6-15(12)21/h4-7,9H,3H2,1-2H3,(H,18,21). The lowest BCUT2D eigenvalue weighted by molar-refractivity contribution is 0.795. The molecule has 1 aromatic carbocycles. The van der Waals surface area contributed by atoms with Crippen LogP contribution in [0.3, 0.4) is 0 Å². The molecule has 3 rings (SSSR count). The van der Waals surface area contributed by atoms with Crippen LogP contribution >= 0.6 is 0 Å². The highest BCUT2D eigenvalue weighted by Crippen LogP contribution is 2.23. The molecule has 5 nitrogen and oxygen atoms in total. The molecule has 5 heteroatoms. The Balaban J connectivity index is 2.32. The van der Waals surface area contributed by atoms with Crippen LogP contribution in [0.25, 0.3) is 22.4 Å². The van der Waals surface area contributed by atoms with Gasteiger partial charge in [0.2, 0.25) is 0 Å². The summed E-state index contributed by atoms with van der Waals surface area (Å²) in [6.45, 7) is 4.55. The van der Waals surface area contributed by atoms with Crippen molar-refractivity contribution in [2.45, 2.75) is 20.4 Å². The van der Waals surface area contributed by atoms with E-state index in [1.165, 1.54) is 0 Å². The lowest BCUT2D eigenvalue weighted by Gasteiger charge is -2.05. The molecule has 0 radical (unpaired) electrons. The van der Waals surface area contributed by atoms with Crippen LogP contribution in [0.15, 0.2) is 35.3 Å². The molecule has 2 heterocycles. The number of aromatic nitrogens is 3. The summed E-state index contributed by atoms with van der Waals surface area (Å²) in [5, 5.41) is 8.98. The van der Waals surface area contributed by atoms with Crippen molar-refractivity contribution in [2.75, 3.05) is 0 Å². The third-order valence-corrected chi connectivity index (χ3v) is 3.49. The fourth-order valence-electron chi connectivity index (χ4n) is 2.47. The minimum absolute atomic E-state index is 0.0586. The van der Waals surface area contributed by atoms with Crippen LogP contribution in [0.5, 0.6) is 0 Å². The molecule has 0 aliphatic rings. The number of nitrogens with zero attached hydrogens (tertiary/aromatic N) is 3. The summed E-state index contributed by atoms with van der Waals surface area (Å²) < 4.78 is 1.98. The summed E-state index contributed by atoms with van der Waals surface area (Å²) in [5.74, 6) is 0.629. The lowest BCUT2D eigenvalue weighted by atomic mass is 10.2. The van der Waals surface area contributed by atoms with Gasteiger partial charge in [-0.3, -0.25) is 4.79 Å². The first kappa shape index (κ1) is 13.1. The number of aryl methyl sites for hydroxylation is 2. The Kier molecular flexibility index (Phi) is 3.07. The third kappa shape index (κ3) is 2.11. The first-order valence-corrected chi connectivity index (χ1v) is 6.74. The fraction of sp³-hybridized carbons (Fsp3) is 0.188. The van der Waals surface area contributed by atoms with Crippen molar-refractivity contribution in [3.63, 3.8) is 0 Å². The smallest absolute Gasteiger partial charge is 0.192 e. The van der Waals surface area contributed by atoms with Crippen LogP contribution in [0, 0.1) is 18.3 Å². The predicted molar refractivity (Wildman–Crippen MR) is 80.9 cm³/mol. The van der Waals surface area contributed by atoms with Gasteiger partial charge in [-0.15, -0.1) is 0 Å². The van der Waals surface area contributed by atoms with Crippen molar-refractivity contribution in [3.05, 3.63) is 51.9 Å². The van der Waals surface area contributed by atoms with Crippen LogP contribution in [-0.2, 0) is 6.54 Å². The molecule has 0 bridgehead atoms. The number of nitriles is 1. The van der Waals surface area contributed by atoms with E-state index in [0.29, 0.717) is 23.5 Å². The molecule has 1 N–H and O–H groups in total. The van der Waals surface area contributed by atoms with Gasteiger partial charge < -0.3 is 9.55 Å². The monoisotopic (exact) mass is 278 g/mol. The van der Waals surface area contributed by atoms with E-state index < -0.39 is 0 Å². The van der Waals surface area contributed by atoms with E-state index in [9.17, 15) is 4.79 Å². The minimum atomic E-state index is -0.0586. The van der Waals surface area contributed by atoms with Crippen LogP contribution in [0.2, 0.25) is 0 Å². The lowest BCUT2D eigenvalue weighted by Crippen LogP contribution is -2.09. The summed E-state index contributed by atoms with van der Waals surface area (Å²) in [4.78, 5) is 19.8. The Morgan fingerprint density at radius 1 is 1.38 bits per heavy atom. The van der Waals surface area contributed by atoms with Gasteiger partial charge in [-0.1, -0.05) is 0 Å². The molecular weight excluding hydrogens is 264 g/mol. The largest absolute Gasteiger partial charge is 0.364 e. The number of nitrogens with one attached hydrogen (secondary N) is 1. The number of hydrogen-bond donors (Lipinski definition) is 1. The van der Waals surface area contributed by atoms with Gasteiger partial charge in [-0.2, -0.15) is 5.26 Å². The molecule has 2 aromatic heterocycles. The van der Waals surface area contributed by atoms with E-state index in [2.05, 4.69) is 16.0 Å². The van der Waals surface area contributed by atoms with Gasteiger partial charge in [0.05, 0.1) is 28.2 Å². The highest BCUT2D eigenvalue weighted by Gasteiger charge is 2.14. The third-order valence-electron chi connectivity index (χ3n) is 3.49. The van der Waals surface area contributed by atoms with Gasteiger partial charge in [0, 0.05) is 24.5 Å². The predicted octanol–water partition coefficient (Wildman–Crippen LogP) is 2.59. The normalized spacial score (nSPS) is 10.7. The van der Waals surface area contributed by atoms with Gasteiger partial charge in [0.25, 0.3) is 0 Å². The Bertz CT molecular complexity index is 928. The molecule has 0 amide bonds. The maximum absolute atomic E-state index is 12.2. The van der Waals surface area contributed by atoms with E-state index in [1.54, 1.807) is 24.4 Å².